The number of nitrogens with zero attached hydrogens (tertiary/aromatic N) is 4. The van der Waals surface area contributed by atoms with Crippen LogP contribution in [-0.2, 0) is 0 Å². The molecule has 1 fully saturated rings. The number of anilines is 1. The van der Waals surface area contributed by atoms with Gasteiger partial charge in [0, 0.05) is 18.8 Å². The van der Waals surface area contributed by atoms with Gasteiger partial charge >= 0.3 is 0 Å². The molecule has 0 spiro atoms. The van der Waals surface area contributed by atoms with E-state index in [0.717, 1.165) is 25.1 Å². The first kappa shape index (κ1) is 13.5. The Kier molecular flexibility index (Phi) is 3.57. The summed E-state index contributed by atoms with van der Waals surface area (Å²) in [6.45, 7) is 4.89. The molecule has 0 amide bonds. The van der Waals surface area contributed by atoms with Gasteiger partial charge in [0.25, 0.3) is 0 Å². The van der Waals surface area contributed by atoms with Gasteiger partial charge in [0.2, 0.25) is 5.95 Å². The van der Waals surface area contributed by atoms with E-state index in [4.69, 9.17) is 10.9 Å². The van der Waals surface area contributed by atoms with Gasteiger partial charge in [-0.25, -0.2) is 9.97 Å². The molecule has 0 bridgehead atoms. The Hall–Kier alpha value is -1.89. The summed E-state index contributed by atoms with van der Waals surface area (Å²) >= 11 is 0. The van der Waals surface area contributed by atoms with E-state index in [-0.39, 0.29) is 5.84 Å². The first-order valence-electron chi connectivity index (χ1n) is 6.22. The number of aromatic nitrogens is 2. The van der Waals surface area contributed by atoms with Gasteiger partial charge < -0.3 is 20.9 Å². The lowest BCUT2D eigenvalue weighted by atomic mass is 9.95. The highest BCUT2D eigenvalue weighted by Gasteiger charge is 2.29. The van der Waals surface area contributed by atoms with Gasteiger partial charge in [-0.15, -0.1) is 0 Å². The molecule has 1 saturated heterocycles. The number of β-amino-alcohol motifs (C(OH)–C–C–N with tert-alkyl or cyclic N) is 1. The van der Waals surface area contributed by atoms with Gasteiger partial charge in [-0.2, -0.15) is 0 Å². The largest absolute Gasteiger partial charge is 0.409 e. The second-order valence-electron chi connectivity index (χ2n) is 5.20. The number of amidine groups is 1. The van der Waals surface area contributed by atoms with Crippen molar-refractivity contribution in [1.29, 1.82) is 0 Å². The van der Waals surface area contributed by atoms with E-state index in [1.165, 1.54) is 0 Å². The van der Waals surface area contributed by atoms with Gasteiger partial charge in [0.15, 0.2) is 5.84 Å². The molecule has 1 atom stereocenters. The molecule has 2 rings (SSSR count). The van der Waals surface area contributed by atoms with Crippen LogP contribution in [0.5, 0.6) is 0 Å². The molecule has 0 radical (unpaired) electrons. The van der Waals surface area contributed by atoms with Crippen LogP contribution in [-0.4, -0.2) is 44.8 Å². The summed E-state index contributed by atoms with van der Waals surface area (Å²) in [7, 11) is 0. The smallest absolute Gasteiger partial charge is 0.226 e. The first-order valence-corrected chi connectivity index (χ1v) is 6.22. The van der Waals surface area contributed by atoms with Crippen molar-refractivity contribution < 1.29 is 10.3 Å². The van der Waals surface area contributed by atoms with E-state index in [1.54, 1.807) is 13.0 Å². The predicted molar refractivity (Wildman–Crippen MR) is 71.4 cm³/mol. The number of hydrogen-bond donors (Lipinski definition) is 3. The molecule has 2 heterocycles. The Labute approximate surface area is 111 Å². The van der Waals surface area contributed by atoms with Crippen molar-refractivity contribution in [3.05, 3.63) is 17.5 Å². The molecule has 7 nitrogen and oxygen atoms in total. The minimum Gasteiger partial charge on any atom is -0.409 e. The molecular weight excluding hydrogens is 246 g/mol. The maximum Gasteiger partial charge on any atom is 0.226 e. The topological polar surface area (TPSA) is 108 Å². The highest BCUT2D eigenvalue weighted by Crippen LogP contribution is 2.23. The lowest BCUT2D eigenvalue weighted by Crippen LogP contribution is -2.47. The van der Waals surface area contributed by atoms with Crippen molar-refractivity contribution in [2.75, 3.05) is 18.0 Å². The van der Waals surface area contributed by atoms with Crippen LogP contribution in [0.3, 0.4) is 0 Å². The molecule has 0 aromatic carbocycles. The molecular formula is C12H19N5O2. The third kappa shape index (κ3) is 3.11. The summed E-state index contributed by atoms with van der Waals surface area (Å²) < 4.78 is 0. The summed E-state index contributed by atoms with van der Waals surface area (Å²) in [5.41, 5.74) is 5.94. The Bertz CT molecular complexity index is 501. The van der Waals surface area contributed by atoms with Crippen LogP contribution in [0.25, 0.3) is 0 Å². The summed E-state index contributed by atoms with van der Waals surface area (Å²) in [6.07, 6.45) is 1.64. The number of nitrogens with two attached hydrogens (primary N) is 1. The molecule has 1 aromatic rings. The predicted octanol–water partition coefficient (Wildman–Crippen LogP) is 0.231. The van der Waals surface area contributed by atoms with Crippen LogP contribution in [0.4, 0.5) is 5.95 Å². The van der Waals surface area contributed by atoms with Crippen LogP contribution in [0, 0.1) is 6.92 Å². The quantitative estimate of drug-likeness (QED) is 0.306. The summed E-state index contributed by atoms with van der Waals surface area (Å²) in [5, 5.41) is 21.8. The number of hydrogen-bond acceptors (Lipinski definition) is 6. The maximum absolute atomic E-state index is 10.1. The summed E-state index contributed by atoms with van der Waals surface area (Å²) in [6, 6.07) is 1.65. The molecule has 7 heteroatoms. The molecule has 1 aliphatic rings. The monoisotopic (exact) mass is 265 g/mol. The Morgan fingerprint density at radius 3 is 2.89 bits per heavy atom. The van der Waals surface area contributed by atoms with E-state index >= 15 is 0 Å². The fraction of sp³-hybridized carbons (Fsp3) is 0.583. The number of oxime groups is 1. The van der Waals surface area contributed by atoms with Crippen LogP contribution in [0.15, 0.2) is 11.2 Å². The number of aryl methyl sites for hydroxylation is 1. The van der Waals surface area contributed by atoms with Crippen LogP contribution < -0.4 is 10.6 Å². The fourth-order valence-corrected chi connectivity index (χ4v) is 2.27. The normalized spacial score (nSPS) is 24.6. The van der Waals surface area contributed by atoms with Crippen LogP contribution >= 0.6 is 0 Å². The zero-order chi connectivity index (χ0) is 14.0. The third-order valence-corrected chi connectivity index (χ3v) is 3.17. The van der Waals surface area contributed by atoms with Crippen LogP contribution in [0.1, 0.15) is 31.2 Å². The zero-order valence-electron chi connectivity index (χ0n) is 11.2. The second kappa shape index (κ2) is 5.00. The van der Waals surface area contributed by atoms with Gasteiger partial charge in [0.05, 0.1) is 5.60 Å². The standard InChI is InChI=1S/C12H19N5O2/c1-8-6-9(10(13)16-19)15-11(14-8)17-5-3-4-12(2,18)7-17/h6,18-19H,3-5,7H2,1-2H3,(H2,13,16). The fourth-order valence-electron chi connectivity index (χ4n) is 2.27. The average Bonchev–Trinajstić information content (AvgIpc) is 2.36. The van der Waals surface area contributed by atoms with E-state index in [0.29, 0.717) is 18.2 Å². The van der Waals surface area contributed by atoms with Crippen molar-refractivity contribution in [2.24, 2.45) is 10.9 Å². The lowest BCUT2D eigenvalue weighted by molar-refractivity contribution is 0.0444. The third-order valence-electron chi connectivity index (χ3n) is 3.17. The van der Waals surface area contributed by atoms with Crippen molar-refractivity contribution in [1.82, 2.24) is 9.97 Å². The minimum absolute atomic E-state index is 0.0458. The highest BCUT2D eigenvalue weighted by atomic mass is 16.4. The number of aliphatic hydroxyl groups is 1. The van der Waals surface area contributed by atoms with Crippen molar-refractivity contribution in [2.45, 2.75) is 32.3 Å². The van der Waals surface area contributed by atoms with Crippen molar-refractivity contribution in [3.63, 3.8) is 0 Å². The van der Waals surface area contributed by atoms with E-state index < -0.39 is 5.60 Å². The minimum atomic E-state index is -0.734. The number of piperidine rings is 1. The van der Waals surface area contributed by atoms with Crippen molar-refractivity contribution >= 4 is 11.8 Å². The molecule has 104 valence electrons. The summed E-state index contributed by atoms with van der Waals surface area (Å²) in [4.78, 5) is 10.6. The van der Waals surface area contributed by atoms with E-state index in [2.05, 4.69) is 15.1 Å². The van der Waals surface area contributed by atoms with E-state index in [1.807, 2.05) is 11.8 Å². The molecule has 0 saturated carbocycles. The van der Waals surface area contributed by atoms with Gasteiger partial charge in [0.1, 0.15) is 5.69 Å². The molecule has 1 aliphatic heterocycles. The zero-order valence-corrected chi connectivity index (χ0v) is 11.2. The number of rotatable bonds is 2. The van der Waals surface area contributed by atoms with Crippen LogP contribution in [0.2, 0.25) is 0 Å². The molecule has 0 aliphatic carbocycles. The van der Waals surface area contributed by atoms with Gasteiger partial charge in [-0.1, -0.05) is 5.16 Å². The van der Waals surface area contributed by atoms with Crippen molar-refractivity contribution in [3.8, 4) is 0 Å². The molecule has 1 aromatic heterocycles. The highest BCUT2D eigenvalue weighted by molar-refractivity contribution is 5.95. The Morgan fingerprint density at radius 2 is 2.26 bits per heavy atom. The maximum atomic E-state index is 10.1. The molecule has 4 N–H and O–H groups in total. The summed E-state index contributed by atoms with van der Waals surface area (Å²) in [5.74, 6) is 0.456. The van der Waals surface area contributed by atoms with Gasteiger partial charge in [-0.3, -0.25) is 0 Å². The van der Waals surface area contributed by atoms with E-state index in [9.17, 15) is 5.11 Å². The Balaban J connectivity index is 2.32. The average molecular weight is 265 g/mol. The lowest BCUT2D eigenvalue weighted by Gasteiger charge is -2.36. The van der Waals surface area contributed by atoms with Gasteiger partial charge in [-0.05, 0) is 32.8 Å². The SMILES string of the molecule is Cc1cc(/C(N)=N/O)nc(N2CCCC(C)(O)C2)n1. The molecule has 19 heavy (non-hydrogen) atoms. The first-order chi connectivity index (χ1) is 8.91. The molecule has 1 unspecified atom stereocenters. The Morgan fingerprint density at radius 1 is 1.53 bits per heavy atom. The second-order valence-corrected chi connectivity index (χ2v) is 5.20.